The average molecular weight is 286 g/mol. The van der Waals surface area contributed by atoms with Crippen molar-refractivity contribution in [2.45, 2.75) is 20.5 Å². The summed E-state index contributed by atoms with van der Waals surface area (Å²) in [4.78, 5) is 18.2. The normalized spacial score (nSPS) is 10.9. The van der Waals surface area contributed by atoms with Crippen molar-refractivity contribution in [3.8, 4) is 5.75 Å². The van der Waals surface area contributed by atoms with Crippen LogP contribution in [0, 0.1) is 13.8 Å². The van der Waals surface area contributed by atoms with E-state index in [0.717, 1.165) is 16.2 Å². The molecule has 2 aromatic heterocycles. The Hall–Kier alpha value is -2.14. The van der Waals surface area contributed by atoms with Crippen molar-refractivity contribution < 1.29 is 4.74 Å². The van der Waals surface area contributed by atoms with Crippen LogP contribution in [0.15, 0.2) is 41.3 Å². The van der Waals surface area contributed by atoms with Crippen LogP contribution >= 0.6 is 11.3 Å². The first-order chi connectivity index (χ1) is 9.63. The molecule has 3 aromatic rings. The minimum Gasteiger partial charge on any atom is -0.487 e. The molecule has 20 heavy (non-hydrogen) atoms. The summed E-state index contributed by atoms with van der Waals surface area (Å²) in [6.07, 6.45) is 1.81. The smallest absolute Gasteiger partial charge is 0.258 e. The molecule has 0 amide bonds. The third-order valence-corrected chi connectivity index (χ3v) is 3.90. The lowest BCUT2D eigenvalue weighted by Crippen LogP contribution is -2.14. The number of nitrogens with zero attached hydrogens (tertiary/aromatic N) is 2. The number of benzene rings is 1. The van der Waals surface area contributed by atoms with Gasteiger partial charge in [-0.15, -0.1) is 11.3 Å². The van der Waals surface area contributed by atoms with Gasteiger partial charge in [-0.25, -0.2) is 4.98 Å². The Morgan fingerprint density at radius 1 is 1.30 bits per heavy atom. The highest BCUT2D eigenvalue weighted by Gasteiger charge is 2.06. The first kappa shape index (κ1) is 12.9. The molecular weight excluding hydrogens is 272 g/mol. The summed E-state index contributed by atoms with van der Waals surface area (Å²) in [5.41, 5.74) is 1.65. The predicted molar refractivity (Wildman–Crippen MR) is 79.6 cm³/mol. The predicted octanol–water partition coefficient (Wildman–Crippen LogP) is 2.95. The zero-order chi connectivity index (χ0) is 14.1. The van der Waals surface area contributed by atoms with Gasteiger partial charge in [-0.1, -0.05) is 18.2 Å². The summed E-state index contributed by atoms with van der Waals surface area (Å²) in [5.74, 6) is 0.817. The van der Waals surface area contributed by atoms with E-state index in [0.29, 0.717) is 17.3 Å². The van der Waals surface area contributed by atoms with Crippen molar-refractivity contribution in [2.75, 3.05) is 0 Å². The third-order valence-electron chi connectivity index (χ3n) is 3.01. The lowest BCUT2D eigenvalue weighted by Gasteiger charge is -2.08. The lowest BCUT2D eigenvalue weighted by atomic mass is 10.2. The molecule has 0 aliphatic carbocycles. The van der Waals surface area contributed by atoms with E-state index in [1.807, 2.05) is 38.1 Å². The molecule has 0 bridgehead atoms. The molecule has 0 saturated heterocycles. The monoisotopic (exact) mass is 286 g/mol. The summed E-state index contributed by atoms with van der Waals surface area (Å²) >= 11 is 1.50. The molecular formula is C15H14N2O2S. The van der Waals surface area contributed by atoms with E-state index in [4.69, 9.17) is 4.74 Å². The van der Waals surface area contributed by atoms with E-state index in [-0.39, 0.29) is 5.56 Å². The first-order valence-electron chi connectivity index (χ1n) is 6.30. The van der Waals surface area contributed by atoms with E-state index >= 15 is 0 Å². The summed E-state index contributed by atoms with van der Waals surface area (Å²) in [5, 5.41) is 0. The van der Waals surface area contributed by atoms with Crippen LogP contribution < -0.4 is 10.3 Å². The molecule has 0 unspecified atom stereocenters. The van der Waals surface area contributed by atoms with E-state index in [2.05, 4.69) is 4.98 Å². The zero-order valence-electron chi connectivity index (χ0n) is 11.3. The molecule has 0 N–H and O–H groups in total. The fourth-order valence-corrected chi connectivity index (χ4v) is 2.85. The average Bonchev–Trinajstić information content (AvgIpc) is 2.79. The van der Waals surface area contributed by atoms with Gasteiger partial charge in [0.05, 0.1) is 5.69 Å². The van der Waals surface area contributed by atoms with Crippen molar-refractivity contribution >= 4 is 16.3 Å². The van der Waals surface area contributed by atoms with E-state index in [1.54, 1.807) is 10.6 Å². The molecule has 0 aliphatic heterocycles. The number of rotatable bonds is 3. The Balaban J connectivity index is 1.88. The van der Waals surface area contributed by atoms with E-state index in [1.165, 1.54) is 17.4 Å². The highest BCUT2D eigenvalue weighted by Crippen LogP contribution is 2.18. The molecule has 0 spiro atoms. The number of fused-ring (bicyclic) bond motifs is 1. The van der Waals surface area contributed by atoms with E-state index in [9.17, 15) is 4.79 Å². The van der Waals surface area contributed by atoms with Gasteiger partial charge in [0.15, 0.2) is 4.96 Å². The van der Waals surface area contributed by atoms with Crippen molar-refractivity contribution in [1.29, 1.82) is 0 Å². The standard InChI is InChI=1S/C15H14N2O2S/c1-10-5-3-4-6-13(10)19-9-12-7-14(18)17-8-11(2)20-15(17)16-12/h3-8H,9H2,1-2H3. The van der Waals surface area contributed by atoms with Crippen LogP contribution in [-0.4, -0.2) is 9.38 Å². The van der Waals surface area contributed by atoms with E-state index < -0.39 is 0 Å². The van der Waals surface area contributed by atoms with Crippen LogP contribution in [-0.2, 0) is 6.61 Å². The topological polar surface area (TPSA) is 43.6 Å². The number of hydrogen-bond donors (Lipinski definition) is 0. The number of hydrogen-bond acceptors (Lipinski definition) is 4. The highest BCUT2D eigenvalue weighted by atomic mass is 32.1. The van der Waals surface area contributed by atoms with Crippen molar-refractivity contribution in [3.63, 3.8) is 0 Å². The molecule has 0 fully saturated rings. The molecule has 102 valence electrons. The summed E-state index contributed by atoms with van der Waals surface area (Å²) < 4.78 is 7.29. The fraction of sp³-hybridized carbons (Fsp3) is 0.200. The second-order valence-corrected chi connectivity index (χ2v) is 5.85. The molecule has 5 heteroatoms. The molecule has 0 aliphatic rings. The van der Waals surface area contributed by atoms with Crippen LogP contribution in [0.4, 0.5) is 0 Å². The first-order valence-corrected chi connectivity index (χ1v) is 7.12. The van der Waals surface area contributed by atoms with Crippen molar-refractivity contribution in [2.24, 2.45) is 0 Å². The second kappa shape index (κ2) is 5.09. The number of thiazole rings is 1. The number of ether oxygens (including phenoxy) is 1. The van der Waals surface area contributed by atoms with Gasteiger partial charge in [-0.3, -0.25) is 9.20 Å². The molecule has 1 aromatic carbocycles. The Kier molecular flexibility index (Phi) is 3.28. The van der Waals surface area contributed by atoms with Gasteiger partial charge < -0.3 is 4.74 Å². The number of aryl methyl sites for hydroxylation is 2. The Morgan fingerprint density at radius 3 is 2.90 bits per heavy atom. The van der Waals surface area contributed by atoms with Crippen LogP contribution in [0.5, 0.6) is 5.75 Å². The van der Waals surface area contributed by atoms with Gasteiger partial charge in [0.1, 0.15) is 12.4 Å². The fourth-order valence-electron chi connectivity index (χ4n) is 2.00. The van der Waals surface area contributed by atoms with Crippen molar-refractivity contribution in [1.82, 2.24) is 9.38 Å². The highest BCUT2D eigenvalue weighted by molar-refractivity contribution is 7.16. The van der Waals surface area contributed by atoms with Gasteiger partial charge in [-0.05, 0) is 25.5 Å². The molecule has 2 heterocycles. The Labute approximate surface area is 120 Å². The maximum Gasteiger partial charge on any atom is 0.258 e. The molecule has 4 nitrogen and oxygen atoms in total. The van der Waals surface area contributed by atoms with Crippen LogP contribution in [0.3, 0.4) is 0 Å². The molecule has 0 radical (unpaired) electrons. The SMILES string of the molecule is Cc1cn2c(=O)cc(COc3ccccc3C)nc2s1. The Bertz CT molecular complexity index is 820. The lowest BCUT2D eigenvalue weighted by molar-refractivity contribution is 0.299. The maximum atomic E-state index is 12.0. The van der Waals surface area contributed by atoms with Gasteiger partial charge in [0.25, 0.3) is 5.56 Å². The minimum absolute atomic E-state index is 0.0669. The third kappa shape index (κ3) is 2.44. The minimum atomic E-state index is -0.0669. The summed E-state index contributed by atoms with van der Waals surface area (Å²) in [6, 6.07) is 9.32. The summed E-state index contributed by atoms with van der Waals surface area (Å²) in [7, 11) is 0. The van der Waals surface area contributed by atoms with Gasteiger partial charge in [-0.2, -0.15) is 0 Å². The van der Waals surface area contributed by atoms with Crippen LogP contribution in [0.1, 0.15) is 16.1 Å². The maximum absolute atomic E-state index is 12.0. The number of para-hydroxylation sites is 1. The molecule has 0 atom stereocenters. The largest absolute Gasteiger partial charge is 0.487 e. The molecule has 0 saturated carbocycles. The van der Waals surface area contributed by atoms with Gasteiger partial charge in [0, 0.05) is 17.1 Å². The van der Waals surface area contributed by atoms with Crippen LogP contribution in [0.25, 0.3) is 4.96 Å². The van der Waals surface area contributed by atoms with Gasteiger partial charge in [0.2, 0.25) is 0 Å². The van der Waals surface area contributed by atoms with Crippen LogP contribution in [0.2, 0.25) is 0 Å². The zero-order valence-corrected chi connectivity index (χ0v) is 12.1. The Morgan fingerprint density at radius 2 is 2.10 bits per heavy atom. The van der Waals surface area contributed by atoms with Crippen molar-refractivity contribution in [3.05, 3.63) is 63.0 Å². The second-order valence-electron chi connectivity index (χ2n) is 4.63. The molecule has 3 rings (SSSR count). The quantitative estimate of drug-likeness (QED) is 0.743. The number of aromatic nitrogens is 2. The summed E-state index contributed by atoms with van der Waals surface area (Å²) in [6.45, 7) is 4.25. The van der Waals surface area contributed by atoms with Gasteiger partial charge >= 0.3 is 0 Å².